The number of benzene rings is 1. The van der Waals surface area contributed by atoms with E-state index in [0.717, 1.165) is 0 Å². The number of carbonyl (C=O) groups is 4. The van der Waals surface area contributed by atoms with Crippen LogP contribution in [0.15, 0.2) is 22.6 Å². The summed E-state index contributed by atoms with van der Waals surface area (Å²) in [6.07, 6.45) is -6.86. The third-order valence-electron chi connectivity index (χ3n) is 5.89. The molecule has 12 nitrogen and oxygen atoms in total. The van der Waals surface area contributed by atoms with E-state index in [1.54, 1.807) is 32.0 Å². The smallest absolute Gasteiger partial charge is 0.405 e. The van der Waals surface area contributed by atoms with Crippen molar-refractivity contribution in [2.45, 2.75) is 75.6 Å². The van der Waals surface area contributed by atoms with Crippen LogP contribution in [-0.2, 0) is 53.8 Å². The van der Waals surface area contributed by atoms with Gasteiger partial charge in [-0.3, -0.25) is 14.1 Å². The molecule has 0 spiro atoms. The lowest BCUT2D eigenvalue weighted by Gasteiger charge is -2.28. The Labute approximate surface area is 209 Å². The van der Waals surface area contributed by atoms with Crippen LogP contribution in [-0.4, -0.2) is 60.4 Å². The fourth-order valence-corrected chi connectivity index (χ4v) is 4.03. The maximum Gasteiger partial charge on any atom is 0.405 e. The van der Waals surface area contributed by atoms with Crippen LogP contribution in [0.1, 0.15) is 52.0 Å². The van der Waals surface area contributed by atoms with Crippen LogP contribution in [0.4, 0.5) is 8.78 Å². The van der Waals surface area contributed by atoms with E-state index in [-0.39, 0.29) is 6.42 Å². The number of ether oxygens (including phenoxy) is 4. The molecule has 4 atom stereocenters. The molecule has 0 radical (unpaired) electrons. The van der Waals surface area contributed by atoms with Crippen LogP contribution in [0.5, 0.6) is 0 Å². The molecule has 0 amide bonds. The monoisotopic (exact) mass is 550 g/mol. The number of halogens is 2. The van der Waals surface area contributed by atoms with Gasteiger partial charge in [-0.15, -0.1) is 0 Å². The van der Waals surface area contributed by atoms with Crippen molar-refractivity contribution in [1.82, 2.24) is 0 Å². The van der Waals surface area contributed by atoms with Gasteiger partial charge in [-0.2, -0.15) is 17.2 Å². The first-order chi connectivity index (χ1) is 17.1. The van der Waals surface area contributed by atoms with Crippen molar-refractivity contribution in [2.24, 2.45) is 0 Å². The lowest BCUT2D eigenvalue weighted by molar-refractivity contribution is -0.175. The summed E-state index contributed by atoms with van der Waals surface area (Å²) in [7, 11) is -5.84. The van der Waals surface area contributed by atoms with Crippen LogP contribution in [0.3, 0.4) is 0 Å². The van der Waals surface area contributed by atoms with E-state index in [0.29, 0.717) is 30.1 Å². The molecule has 0 aliphatic carbocycles. The summed E-state index contributed by atoms with van der Waals surface area (Å²) in [5.41, 5.74) is 0.704. The lowest BCUT2D eigenvalue weighted by atomic mass is 9.93. The fourth-order valence-electron chi connectivity index (χ4n) is 3.56. The number of alkyl halides is 2. The molecule has 4 unspecified atom stereocenters. The second-order valence-corrected chi connectivity index (χ2v) is 10.1. The topological polar surface area (TPSA) is 173 Å². The van der Waals surface area contributed by atoms with Gasteiger partial charge in [-0.05, 0) is 38.5 Å². The Hall–Kier alpha value is -3.33. The summed E-state index contributed by atoms with van der Waals surface area (Å²) < 4.78 is 82.0. The minimum Gasteiger partial charge on any atom is -0.457 e. The molecule has 2 aromatic rings. The second kappa shape index (κ2) is 10.2. The predicted molar refractivity (Wildman–Crippen MR) is 117 cm³/mol. The van der Waals surface area contributed by atoms with Gasteiger partial charge in [0.25, 0.3) is 0 Å². The van der Waals surface area contributed by atoms with Gasteiger partial charge in [0.15, 0.2) is 6.10 Å². The van der Waals surface area contributed by atoms with Gasteiger partial charge in [0, 0.05) is 12.0 Å². The van der Waals surface area contributed by atoms with Gasteiger partial charge in [-0.1, -0.05) is 6.92 Å². The van der Waals surface area contributed by atoms with Gasteiger partial charge in [0.05, 0.1) is 12.8 Å². The zero-order valence-electron chi connectivity index (χ0n) is 19.9. The van der Waals surface area contributed by atoms with Crippen molar-refractivity contribution in [3.63, 3.8) is 0 Å². The molecule has 1 N–H and O–H groups in total. The van der Waals surface area contributed by atoms with E-state index in [1.807, 2.05) is 0 Å². The SMILES string of the molecule is CCC(C)(OC(=O)C1CC(OC(=O)CCC(=O)OC(C)C(F)(F)S(=O)(=O)O)C(=O)O1)c1cc2ccc1o2. The van der Waals surface area contributed by atoms with Crippen molar-refractivity contribution in [3.05, 3.63) is 23.8 Å². The van der Waals surface area contributed by atoms with Gasteiger partial charge in [-0.25, -0.2) is 9.59 Å². The van der Waals surface area contributed by atoms with Crippen molar-refractivity contribution in [3.8, 4) is 0 Å². The van der Waals surface area contributed by atoms with Crippen LogP contribution >= 0.6 is 0 Å². The fraction of sp³-hybridized carbons (Fsp3) is 0.545. The highest BCUT2D eigenvalue weighted by Crippen LogP contribution is 2.37. The van der Waals surface area contributed by atoms with Crippen molar-refractivity contribution >= 4 is 45.2 Å². The summed E-state index contributed by atoms with van der Waals surface area (Å²) in [6, 6.07) is 5.21. The molecule has 15 heteroatoms. The Bertz CT molecular complexity index is 1290. The zero-order chi connectivity index (χ0) is 27.8. The second-order valence-electron chi connectivity index (χ2n) is 8.57. The first-order valence-electron chi connectivity index (χ1n) is 11.1. The lowest BCUT2D eigenvalue weighted by Crippen LogP contribution is -2.42. The molecule has 1 aliphatic heterocycles. The van der Waals surface area contributed by atoms with E-state index in [4.69, 9.17) is 23.2 Å². The quantitative estimate of drug-likeness (QED) is 0.246. The third kappa shape index (κ3) is 5.98. The van der Waals surface area contributed by atoms with Gasteiger partial charge < -0.3 is 23.4 Å². The minimum absolute atomic E-state index is 0.353. The van der Waals surface area contributed by atoms with Crippen LogP contribution in [0.2, 0.25) is 0 Å². The van der Waals surface area contributed by atoms with E-state index >= 15 is 0 Å². The molecule has 0 aromatic carbocycles. The molecule has 2 bridgehead atoms. The molecular weight excluding hydrogens is 526 g/mol. The first kappa shape index (κ1) is 28.2. The van der Waals surface area contributed by atoms with Crippen molar-refractivity contribution in [2.75, 3.05) is 0 Å². The number of hydrogen-bond donors (Lipinski definition) is 1. The molecule has 3 rings (SSSR count). The summed E-state index contributed by atoms with van der Waals surface area (Å²) in [5.74, 6) is -4.38. The Morgan fingerprint density at radius 3 is 2.41 bits per heavy atom. The predicted octanol–water partition coefficient (Wildman–Crippen LogP) is 2.46. The largest absolute Gasteiger partial charge is 0.457 e. The molecule has 37 heavy (non-hydrogen) atoms. The van der Waals surface area contributed by atoms with E-state index in [1.165, 1.54) is 0 Å². The highest BCUT2D eigenvalue weighted by Gasteiger charge is 2.52. The van der Waals surface area contributed by atoms with Crippen LogP contribution in [0, 0.1) is 0 Å². The van der Waals surface area contributed by atoms with Gasteiger partial charge >= 0.3 is 39.2 Å². The number of hydrogen-bond acceptors (Lipinski definition) is 11. The molecule has 0 saturated carbocycles. The Morgan fingerprint density at radius 1 is 1.22 bits per heavy atom. The molecule has 2 aromatic heterocycles. The normalized spacial score (nSPS) is 20.8. The summed E-state index contributed by atoms with van der Waals surface area (Å²) in [5, 5.41) is -4.76. The van der Waals surface area contributed by atoms with E-state index in [9.17, 15) is 36.4 Å². The maximum absolute atomic E-state index is 13.4. The molecule has 1 fully saturated rings. The Kier molecular flexibility index (Phi) is 7.79. The number of carbonyl (C=O) groups excluding carboxylic acids is 4. The highest BCUT2D eigenvalue weighted by atomic mass is 32.2. The average molecular weight is 550 g/mol. The summed E-state index contributed by atoms with van der Waals surface area (Å²) in [6.45, 7) is 3.99. The minimum atomic E-state index is -5.84. The number of furan rings is 2. The molecular formula is C22H24F2O12S. The number of rotatable bonds is 11. The standard InChI is InChI=1S/C22H24F2O12S/c1-4-21(3,13-9-12-5-6-14(13)33-12)36-20(28)16-10-15(19(27)35-16)34-18(26)8-7-17(25)32-11(2)22(23,24)37(29,30)31/h5-6,9,11,15-16H,4,7-8,10H2,1-3H3,(H,29,30,31). The molecule has 1 aliphatic rings. The maximum atomic E-state index is 13.4. The zero-order valence-corrected chi connectivity index (χ0v) is 20.7. The number of esters is 4. The number of fused-ring (bicyclic) bond motifs is 2. The third-order valence-corrected chi connectivity index (χ3v) is 6.91. The van der Waals surface area contributed by atoms with Crippen molar-refractivity contribution in [1.29, 1.82) is 0 Å². The molecule has 204 valence electrons. The molecule has 3 heterocycles. The van der Waals surface area contributed by atoms with Crippen molar-refractivity contribution < 1.29 is 64.3 Å². The summed E-state index contributed by atoms with van der Waals surface area (Å²) in [4.78, 5) is 48.5. The van der Waals surface area contributed by atoms with Gasteiger partial charge in [0.2, 0.25) is 12.2 Å². The summed E-state index contributed by atoms with van der Waals surface area (Å²) >= 11 is 0. The van der Waals surface area contributed by atoms with E-state index < -0.39 is 76.0 Å². The first-order valence-corrected chi connectivity index (χ1v) is 12.5. The average Bonchev–Trinajstić information content (AvgIpc) is 3.53. The van der Waals surface area contributed by atoms with Crippen LogP contribution < -0.4 is 0 Å². The van der Waals surface area contributed by atoms with Crippen LogP contribution in [0.25, 0.3) is 11.2 Å². The Morgan fingerprint density at radius 2 is 1.86 bits per heavy atom. The number of cyclic esters (lactones) is 1. The van der Waals surface area contributed by atoms with E-state index in [2.05, 4.69) is 4.74 Å². The Balaban J connectivity index is 1.50. The highest BCUT2D eigenvalue weighted by molar-refractivity contribution is 7.86. The van der Waals surface area contributed by atoms with Gasteiger partial charge in [0.1, 0.15) is 16.8 Å². The molecule has 1 saturated heterocycles.